The number of benzene rings is 2. The number of hydrogen-bond acceptors (Lipinski definition) is 10. The molecule has 0 saturated carbocycles. The fourth-order valence-corrected chi connectivity index (χ4v) is 9.16. The fraction of sp³-hybridized carbons (Fsp3) is 0.250. The highest BCUT2D eigenvalue weighted by Crippen LogP contribution is 2.39. The summed E-state index contributed by atoms with van der Waals surface area (Å²) in [5.74, 6) is -0.832. The van der Waals surface area contributed by atoms with Gasteiger partial charge in [0.1, 0.15) is 4.66 Å². The van der Waals surface area contributed by atoms with Crippen molar-refractivity contribution >= 4 is 72.5 Å². The van der Waals surface area contributed by atoms with Gasteiger partial charge < -0.3 is 9.45 Å². The predicted molar refractivity (Wildman–Crippen MR) is 188 cm³/mol. The zero-order valence-electron chi connectivity index (χ0n) is 25.4. The van der Waals surface area contributed by atoms with Gasteiger partial charge in [0, 0.05) is 36.2 Å². The van der Waals surface area contributed by atoms with E-state index in [-0.39, 0.29) is 24.2 Å². The molecule has 47 heavy (non-hydrogen) atoms. The molecule has 0 amide bonds. The van der Waals surface area contributed by atoms with Crippen molar-refractivity contribution in [1.82, 2.24) is 9.47 Å². The number of rotatable bonds is 13. The molecule has 10 nitrogen and oxygen atoms in total. The third-order valence-electron chi connectivity index (χ3n) is 7.27. The minimum Gasteiger partial charge on any atom is -0.748 e. The van der Waals surface area contributed by atoms with Crippen LogP contribution in [0.4, 0.5) is 0 Å². The fourth-order valence-electron chi connectivity index (χ4n) is 5.11. The molecule has 0 bridgehead atoms. The molecule has 0 unspecified atom stereocenters. The van der Waals surface area contributed by atoms with Gasteiger partial charge in [0.05, 0.1) is 42.6 Å². The van der Waals surface area contributed by atoms with Gasteiger partial charge in [-0.3, -0.25) is 13.9 Å². The van der Waals surface area contributed by atoms with Crippen molar-refractivity contribution in [2.45, 2.75) is 32.9 Å². The molecule has 15 heteroatoms. The van der Waals surface area contributed by atoms with Crippen LogP contribution in [0.25, 0.3) is 29.1 Å². The summed E-state index contributed by atoms with van der Waals surface area (Å²) in [6, 6.07) is 19.4. The van der Waals surface area contributed by atoms with Crippen molar-refractivity contribution in [3.8, 4) is 11.3 Å². The normalized spacial score (nSPS) is 15.6. The van der Waals surface area contributed by atoms with E-state index in [4.69, 9.17) is 0 Å². The molecule has 248 valence electrons. The van der Waals surface area contributed by atoms with Crippen molar-refractivity contribution in [2.24, 2.45) is 0 Å². The largest absolute Gasteiger partial charge is 0.748 e. The summed E-state index contributed by atoms with van der Waals surface area (Å²) in [7, 11) is -8.46. The predicted octanol–water partition coefficient (Wildman–Crippen LogP) is 3.66. The Kier molecular flexibility index (Phi) is 11.4. The first kappa shape index (κ1) is 35.0. The lowest BCUT2D eigenvalue weighted by Crippen LogP contribution is -2.38. The summed E-state index contributed by atoms with van der Waals surface area (Å²) in [6.07, 6.45) is 5.91. The number of nitrogens with zero attached hydrogens (tertiary/aromatic N) is 3. The molecule has 2 aromatic heterocycles. The van der Waals surface area contributed by atoms with Gasteiger partial charge >= 0.3 is 0 Å². The van der Waals surface area contributed by atoms with E-state index in [0.717, 1.165) is 37.2 Å². The molecule has 1 N–H and O–H groups in total. The molecule has 1 aliphatic heterocycles. The van der Waals surface area contributed by atoms with Gasteiger partial charge in [-0.2, -0.15) is 13.0 Å². The van der Waals surface area contributed by atoms with Gasteiger partial charge in [-0.15, -0.1) is 11.3 Å². The van der Waals surface area contributed by atoms with Crippen LogP contribution in [0.1, 0.15) is 30.3 Å². The molecule has 2 aromatic carbocycles. The Balaban J connectivity index is 1.52. The molecule has 4 aromatic rings. The first-order chi connectivity index (χ1) is 22.4. The summed E-state index contributed by atoms with van der Waals surface area (Å²) in [5, 5.41) is 5.60. The molecule has 1 aliphatic rings. The molecule has 0 aliphatic carbocycles. The van der Waals surface area contributed by atoms with E-state index in [1.54, 1.807) is 10.6 Å². The molecule has 0 radical (unpaired) electrons. The maximum Gasteiger partial charge on any atom is 0.269 e. The van der Waals surface area contributed by atoms with E-state index in [1.165, 1.54) is 34.4 Å². The zero-order chi connectivity index (χ0) is 33.6. The lowest BCUT2D eigenvalue weighted by Gasteiger charge is -2.23. The quantitative estimate of drug-likeness (QED) is 0.161. The summed E-state index contributed by atoms with van der Waals surface area (Å²) in [5.41, 5.74) is 3.55. The molecule has 0 atom stereocenters. The van der Waals surface area contributed by atoms with Crippen molar-refractivity contribution in [3.05, 3.63) is 113 Å². The third kappa shape index (κ3) is 9.19. The standard InChI is InChI=1S/C32H33N3O7S5/c1-2-33-31(21-30-35(18-10-20-47(40,41)42)27(23-44-30)25-13-7-4-8-14-25)45-28(32(33)36)15-16-29-34(17-9-19-46(37,38)39)26(22-43-29)24-11-5-3-6-12-24/h3-8,11-16,21-23H,2,9-10,17-20H2,1H3,(H-,37,38,39,40,41,42). The second-order valence-electron chi connectivity index (χ2n) is 10.5. The van der Waals surface area contributed by atoms with Crippen LogP contribution in [-0.2, 0) is 33.3 Å². The smallest absolute Gasteiger partial charge is 0.269 e. The van der Waals surface area contributed by atoms with Crippen LogP contribution in [0.3, 0.4) is 0 Å². The minimum absolute atomic E-state index is 0.151. The highest BCUT2D eigenvalue weighted by Gasteiger charge is 2.23. The summed E-state index contributed by atoms with van der Waals surface area (Å²) in [6.45, 7) is 3.00. The number of hydrogen-bond donors (Lipinski definition) is 1. The van der Waals surface area contributed by atoms with Gasteiger partial charge in [-0.05, 0) is 43.2 Å². The number of thiazole rings is 2. The molecule has 3 heterocycles. The Morgan fingerprint density at radius 3 is 2.26 bits per heavy atom. The number of thioether (sulfide) groups is 1. The zero-order valence-corrected chi connectivity index (χ0v) is 29.5. The third-order valence-corrected chi connectivity index (χ3v) is 11.8. The summed E-state index contributed by atoms with van der Waals surface area (Å²) in [4.78, 5) is 15.5. The highest BCUT2D eigenvalue weighted by molar-refractivity contribution is 8.06. The molecule has 5 rings (SSSR count). The Morgan fingerprint density at radius 1 is 0.936 bits per heavy atom. The van der Waals surface area contributed by atoms with E-state index in [9.17, 15) is 30.7 Å². The van der Waals surface area contributed by atoms with Crippen LogP contribution in [0.15, 0.2) is 87.4 Å². The minimum atomic E-state index is -4.36. The summed E-state index contributed by atoms with van der Waals surface area (Å²) >= 11 is 4.28. The van der Waals surface area contributed by atoms with Gasteiger partial charge in [0.25, 0.3) is 20.7 Å². The van der Waals surface area contributed by atoms with Crippen molar-refractivity contribution in [3.63, 3.8) is 0 Å². The maximum absolute atomic E-state index is 13.5. The lowest BCUT2D eigenvalue weighted by atomic mass is 10.1. The Labute approximate surface area is 285 Å². The summed E-state index contributed by atoms with van der Waals surface area (Å²) < 4.78 is 70.9. The van der Waals surface area contributed by atoms with Gasteiger partial charge in [0.2, 0.25) is 5.69 Å². The number of aromatic nitrogens is 2. The molecule has 0 fully saturated rings. The monoisotopic (exact) mass is 731 g/mol. The highest BCUT2D eigenvalue weighted by atomic mass is 32.2. The second-order valence-corrected chi connectivity index (χ2v) is 16.5. The first-order valence-electron chi connectivity index (χ1n) is 14.7. The van der Waals surface area contributed by atoms with Crippen molar-refractivity contribution < 1.29 is 30.5 Å². The van der Waals surface area contributed by atoms with Crippen LogP contribution in [0.2, 0.25) is 0 Å². The van der Waals surface area contributed by atoms with E-state index in [0.29, 0.717) is 24.2 Å². The van der Waals surface area contributed by atoms with Gasteiger partial charge in [0.15, 0.2) is 6.54 Å². The number of allylic oxidation sites excluding steroid dienone is 1. The van der Waals surface area contributed by atoms with Gasteiger partial charge in [-0.1, -0.05) is 71.6 Å². The second kappa shape index (κ2) is 15.3. The van der Waals surface area contributed by atoms with E-state index in [1.807, 2.05) is 100.0 Å². The SMILES string of the molecule is CCn1c(=O)c(=CC=C2SC=C(c3ccccc3)N2CCCS(=O)(=O)O)s/c1=C/c1scc(-c2ccccc2)[n+]1CCCS(=O)(=O)[O-]. The Hall–Kier alpha value is -3.31. The topological polar surface area (TPSA) is 141 Å². The molecule has 0 spiro atoms. The molecular formula is C32H33N3O7S5. The van der Waals surface area contributed by atoms with Crippen molar-refractivity contribution in [1.29, 1.82) is 0 Å². The average Bonchev–Trinajstić information content (AvgIpc) is 3.71. The average molecular weight is 732 g/mol. The Bertz CT molecular complexity index is 2190. The van der Waals surface area contributed by atoms with Crippen LogP contribution in [0.5, 0.6) is 0 Å². The van der Waals surface area contributed by atoms with Crippen LogP contribution >= 0.6 is 34.4 Å². The van der Waals surface area contributed by atoms with E-state index >= 15 is 0 Å². The van der Waals surface area contributed by atoms with Crippen LogP contribution < -0.4 is 19.3 Å². The van der Waals surface area contributed by atoms with Crippen LogP contribution in [-0.4, -0.2) is 53.5 Å². The van der Waals surface area contributed by atoms with Gasteiger partial charge in [-0.25, -0.2) is 8.42 Å². The maximum atomic E-state index is 13.5. The van der Waals surface area contributed by atoms with Crippen molar-refractivity contribution in [2.75, 3.05) is 18.1 Å². The molecule has 0 saturated heterocycles. The van der Waals surface area contributed by atoms with E-state index < -0.39 is 26.0 Å². The first-order valence-corrected chi connectivity index (χ1v) is 20.5. The molecular weight excluding hydrogens is 699 g/mol. The lowest BCUT2D eigenvalue weighted by molar-refractivity contribution is -0.683. The van der Waals surface area contributed by atoms with Crippen LogP contribution in [0, 0.1) is 0 Å². The van der Waals surface area contributed by atoms with E-state index in [2.05, 4.69) is 0 Å². The Morgan fingerprint density at radius 2 is 1.62 bits per heavy atom.